The summed E-state index contributed by atoms with van der Waals surface area (Å²) in [6.45, 7) is 4.97. The average Bonchev–Trinajstić information content (AvgIpc) is 2.94. The van der Waals surface area contributed by atoms with Gasteiger partial charge in [-0.25, -0.2) is 4.98 Å². The van der Waals surface area contributed by atoms with E-state index in [0.29, 0.717) is 12.6 Å². The van der Waals surface area contributed by atoms with Crippen LogP contribution in [0.25, 0.3) is 0 Å². The van der Waals surface area contributed by atoms with E-state index in [1.165, 1.54) is 17.0 Å². The maximum absolute atomic E-state index is 5.76. The lowest BCUT2D eigenvalue weighted by Crippen LogP contribution is -2.31. The number of rotatable bonds is 4. The molecule has 1 unspecified atom stereocenters. The highest BCUT2D eigenvalue weighted by atomic mass is 32.1. The Morgan fingerprint density at radius 3 is 2.76 bits per heavy atom. The summed E-state index contributed by atoms with van der Waals surface area (Å²) in [5, 5.41) is 1.16. The van der Waals surface area contributed by atoms with E-state index in [0.717, 1.165) is 24.6 Å². The lowest BCUT2D eigenvalue weighted by atomic mass is 10.2. The molecular formula is C12H22N4S. The molecule has 1 aromatic heterocycles. The second kappa shape index (κ2) is 5.33. The first-order chi connectivity index (χ1) is 8.15. The Balaban J connectivity index is 2.11. The second-order valence-electron chi connectivity index (χ2n) is 4.78. The number of likely N-dealkylation sites (N-methyl/N-ethyl adjacent to an activating group) is 1. The van der Waals surface area contributed by atoms with Gasteiger partial charge in [-0.2, -0.15) is 0 Å². The molecule has 0 spiro atoms. The quantitative estimate of drug-likeness (QED) is 0.880. The van der Waals surface area contributed by atoms with Gasteiger partial charge in [-0.05, 0) is 26.9 Å². The fourth-order valence-electron chi connectivity index (χ4n) is 2.28. The van der Waals surface area contributed by atoms with Gasteiger partial charge < -0.3 is 15.5 Å². The van der Waals surface area contributed by atoms with Gasteiger partial charge in [-0.1, -0.05) is 6.92 Å². The lowest BCUT2D eigenvalue weighted by Gasteiger charge is -2.19. The van der Waals surface area contributed by atoms with Crippen molar-refractivity contribution in [2.24, 2.45) is 5.73 Å². The largest absolute Gasteiger partial charge is 0.346 e. The van der Waals surface area contributed by atoms with Crippen LogP contribution in [0.4, 0.5) is 5.13 Å². The normalized spacial score (nSPS) is 20.5. The summed E-state index contributed by atoms with van der Waals surface area (Å²) in [7, 11) is 4.30. The number of hydrogen-bond donors (Lipinski definition) is 1. The number of aryl methyl sites for hydroxylation is 1. The SMILES string of the molecule is CCc1nc(N2CCC(N(C)C)C2)sc1CN. The Kier molecular flexibility index (Phi) is 4.01. The lowest BCUT2D eigenvalue weighted by molar-refractivity contribution is 0.315. The topological polar surface area (TPSA) is 45.4 Å². The fourth-order valence-corrected chi connectivity index (χ4v) is 3.34. The molecule has 17 heavy (non-hydrogen) atoms. The third-order valence-corrected chi connectivity index (χ3v) is 4.63. The zero-order valence-electron chi connectivity index (χ0n) is 10.9. The van der Waals surface area contributed by atoms with Crippen LogP contribution in [0, 0.1) is 0 Å². The first kappa shape index (κ1) is 12.8. The molecule has 96 valence electrons. The maximum Gasteiger partial charge on any atom is 0.185 e. The van der Waals surface area contributed by atoms with Crippen molar-refractivity contribution in [2.75, 3.05) is 32.1 Å². The Hall–Kier alpha value is -0.650. The van der Waals surface area contributed by atoms with Crippen LogP contribution in [0.1, 0.15) is 23.9 Å². The van der Waals surface area contributed by atoms with E-state index in [9.17, 15) is 0 Å². The Labute approximate surface area is 107 Å². The van der Waals surface area contributed by atoms with Crippen LogP contribution in [-0.4, -0.2) is 43.1 Å². The molecule has 1 aliphatic rings. The maximum atomic E-state index is 5.76. The predicted octanol–water partition coefficient (Wildman–Crippen LogP) is 1.30. The van der Waals surface area contributed by atoms with Crippen molar-refractivity contribution in [3.05, 3.63) is 10.6 Å². The van der Waals surface area contributed by atoms with Crippen LogP contribution >= 0.6 is 11.3 Å². The zero-order chi connectivity index (χ0) is 12.4. The highest BCUT2D eigenvalue weighted by Crippen LogP contribution is 2.29. The van der Waals surface area contributed by atoms with Crippen molar-refractivity contribution < 1.29 is 0 Å². The summed E-state index contributed by atoms with van der Waals surface area (Å²) in [4.78, 5) is 10.7. The van der Waals surface area contributed by atoms with Crippen molar-refractivity contribution in [2.45, 2.75) is 32.4 Å². The minimum Gasteiger partial charge on any atom is -0.346 e. The van der Waals surface area contributed by atoms with Crippen LogP contribution < -0.4 is 10.6 Å². The number of hydrogen-bond acceptors (Lipinski definition) is 5. The number of anilines is 1. The number of aromatic nitrogens is 1. The molecule has 1 aromatic rings. The van der Waals surface area contributed by atoms with Gasteiger partial charge in [-0.15, -0.1) is 11.3 Å². The van der Waals surface area contributed by atoms with Gasteiger partial charge in [0.1, 0.15) is 0 Å². The third kappa shape index (κ3) is 2.61. The number of nitrogens with two attached hydrogens (primary N) is 1. The summed E-state index contributed by atoms with van der Waals surface area (Å²) in [5.41, 5.74) is 6.94. The summed E-state index contributed by atoms with van der Waals surface area (Å²) in [6.07, 6.45) is 2.21. The van der Waals surface area contributed by atoms with E-state index >= 15 is 0 Å². The smallest absolute Gasteiger partial charge is 0.185 e. The molecule has 2 rings (SSSR count). The molecule has 0 saturated carbocycles. The molecule has 1 aliphatic heterocycles. The van der Waals surface area contributed by atoms with Crippen LogP contribution in [0.2, 0.25) is 0 Å². The summed E-state index contributed by atoms with van der Waals surface area (Å²) in [6, 6.07) is 0.658. The first-order valence-electron chi connectivity index (χ1n) is 6.25. The van der Waals surface area contributed by atoms with E-state index in [4.69, 9.17) is 10.7 Å². The van der Waals surface area contributed by atoms with Gasteiger partial charge in [0, 0.05) is 30.6 Å². The van der Waals surface area contributed by atoms with E-state index in [1.807, 2.05) is 0 Å². The van der Waals surface area contributed by atoms with E-state index in [2.05, 4.69) is 30.8 Å². The van der Waals surface area contributed by atoms with Crippen molar-refractivity contribution in [3.8, 4) is 0 Å². The molecular weight excluding hydrogens is 232 g/mol. The minimum atomic E-state index is 0.617. The summed E-state index contributed by atoms with van der Waals surface area (Å²) in [5.74, 6) is 0. The fraction of sp³-hybridized carbons (Fsp3) is 0.750. The average molecular weight is 254 g/mol. The highest BCUT2D eigenvalue weighted by Gasteiger charge is 2.26. The van der Waals surface area contributed by atoms with Crippen LogP contribution in [0.3, 0.4) is 0 Å². The molecule has 0 aliphatic carbocycles. The molecule has 4 nitrogen and oxygen atoms in total. The van der Waals surface area contributed by atoms with Gasteiger partial charge in [0.15, 0.2) is 5.13 Å². The van der Waals surface area contributed by atoms with Gasteiger partial charge in [-0.3, -0.25) is 0 Å². The minimum absolute atomic E-state index is 0.617. The molecule has 0 amide bonds. The van der Waals surface area contributed by atoms with Crippen LogP contribution in [0.5, 0.6) is 0 Å². The van der Waals surface area contributed by atoms with Crippen molar-refractivity contribution in [1.82, 2.24) is 9.88 Å². The molecule has 2 heterocycles. The van der Waals surface area contributed by atoms with Crippen LogP contribution in [-0.2, 0) is 13.0 Å². The van der Waals surface area contributed by atoms with Crippen LogP contribution in [0.15, 0.2) is 0 Å². The van der Waals surface area contributed by atoms with Gasteiger partial charge in [0.05, 0.1) is 5.69 Å². The Morgan fingerprint density at radius 2 is 2.29 bits per heavy atom. The van der Waals surface area contributed by atoms with Crippen molar-refractivity contribution in [3.63, 3.8) is 0 Å². The third-order valence-electron chi connectivity index (χ3n) is 3.45. The number of thiazole rings is 1. The number of nitrogens with zero attached hydrogens (tertiary/aromatic N) is 3. The monoisotopic (exact) mass is 254 g/mol. The molecule has 1 saturated heterocycles. The first-order valence-corrected chi connectivity index (χ1v) is 7.07. The predicted molar refractivity (Wildman–Crippen MR) is 73.7 cm³/mol. The molecule has 0 bridgehead atoms. The van der Waals surface area contributed by atoms with Crippen molar-refractivity contribution in [1.29, 1.82) is 0 Å². The Morgan fingerprint density at radius 1 is 1.53 bits per heavy atom. The van der Waals surface area contributed by atoms with E-state index < -0.39 is 0 Å². The molecule has 2 N–H and O–H groups in total. The molecule has 0 aromatic carbocycles. The summed E-state index contributed by atoms with van der Waals surface area (Å²) < 4.78 is 0. The molecule has 1 atom stereocenters. The standard InChI is InChI=1S/C12H22N4S/c1-4-10-11(7-13)17-12(14-10)16-6-5-9(8-16)15(2)3/h9H,4-8,13H2,1-3H3. The van der Waals surface area contributed by atoms with E-state index in [1.54, 1.807) is 11.3 Å². The zero-order valence-corrected chi connectivity index (χ0v) is 11.8. The van der Waals surface area contributed by atoms with E-state index in [-0.39, 0.29) is 0 Å². The van der Waals surface area contributed by atoms with Gasteiger partial charge >= 0.3 is 0 Å². The van der Waals surface area contributed by atoms with Crippen molar-refractivity contribution >= 4 is 16.5 Å². The van der Waals surface area contributed by atoms with Gasteiger partial charge in [0.25, 0.3) is 0 Å². The Bertz CT molecular complexity index is 353. The second-order valence-corrected chi connectivity index (χ2v) is 5.84. The molecule has 5 heteroatoms. The highest BCUT2D eigenvalue weighted by molar-refractivity contribution is 7.15. The summed E-state index contributed by atoms with van der Waals surface area (Å²) >= 11 is 1.77. The van der Waals surface area contributed by atoms with Gasteiger partial charge in [0.2, 0.25) is 0 Å². The molecule has 1 fully saturated rings. The molecule has 0 radical (unpaired) electrons.